The van der Waals surface area contributed by atoms with E-state index < -0.39 is 0 Å². The van der Waals surface area contributed by atoms with Crippen LogP contribution in [0.5, 0.6) is 0 Å². The third kappa shape index (κ3) is 5.74. The molecule has 0 aromatic heterocycles. The van der Waals surface area contributed by atoms with Crippen LogP contribution < -0.4 is 4.90 Å². The molecule has 1 heterocycles. The average Bonchev–Trinajstić information content (AvgIpc) is 3.05. The van der Waals surface area contributed by atoms with Crippen molar-refractivity contribution in [3.05, 3.63) is 77.4 Å². The molecule has 0 bridgehead atoms. The van der Waals surface area contributed by atoms with Crippen LogP contribution in [0.2, 0.25) is 0 Å². The number of benzene rings is 2. The maximum atomic E-state index is 3.23. The van der Waals surface area contributed by atoms with Gasteiger partial charge in [0.25, 0.3) is 0 Å². The average molecular weight is 359 g/mol. The lowest BCUT2D eigenvalue weighted by atomic mass is 9.98. The topological polar surface area (TPSA) is 6.48 Å². The van der Waals surface area contributed by atoms with Gasteiger partial charge in [0.05, 0.1) is 0 Å². The maximum absolute atomic E-state index is 3.23. The number of rotatable bonds is 5. The fraction of sp³-hybridized carbons (Fsp3) is 0.360. The summed E-state index contributed by atoms with van der Waals surface area (Å²) in [6.45, 7) is 10.2. The largest absolute Gasteiger partial charge is 0.363 e. The van der Waals surface area contributed by atoms with Crippen LogP contribution in [0, 0.1) is 17.3 Å². The monoisotopic (exact) mass is 358 g/mol. The normalized spacial score (nSPS) is 13.7. The summed E-state index contributed by atoms with van der Waals surface area (Å²) in [5.74, 6) is 6.37. The molecule has 2 aromatic carbocycles. The van der Waals surface area contributed by atoms with Crippen LogP contribution in [0.3, 0.4) is 0 Å². The lowest BCUT2D eigenvalue weighted by Gasteiger charge is -2.20. The van der Waals surface area contributed by atoms with Crippen LogP contribution >= 0.6 is 0 Å². The highest BCUT2D eigenvalue weighted by molar-refractivity contribution is 5.53. The molecule has 140 valence electrons. The van der Waals surface area contributed by atoms with Gasteiger partial charge in [0, 0.05) is 37.3 Å². The summed E-state index contributed by atoms with van der Waals surface area (Å²) in [7, 11) is 2.15. The number of hydrogen-bond acceptors (Lipinski definition) is 2. The van der Waals surface area contributed by atoms with E-state index in [1.807, 2.05) is 6.08 Å². The Morgan fingerprint density at radius 3 is 2.41 bits per heavy atom. The number of hydrogen-bond donors (Lipinski definition) is 0. The van der Waals surface area contributed by atoms with Crippen molar-refractivity contribution >= 4 is 5.69 Å². The summed E-state index contributed by atoms with van der Waals surface area (Å²) in [4.78, 5) is 4.77. The summed E-state index contributed by atoms with van der Waals surface area (Å²) in [6, 6.07) is 17.7. The van der Waals surface area contributed by atoms with Crippen molar-refractivity contribution in [1.82, 2.24) is 4.90 Å². The Morgan fingerprint density at radius 1 is 1.04 bits per heavy atom. The van der Waals surface area contributed by atoms with Crippen molar-refractivity contribution in [2.24, 2.45) is 5.41 Å². The van der Waals surface area contributed by atoms with Gasteiger partial charge in [-0.1, -0.05) is 54.3 Å². The van der Waals surface area contributed by atoms with Crippen LogP contribution in [-0.4, -0.2) is 18.5 Å². The van der Waals surface area contributed by atoms with E-state index in [4.69, 9.17) is 0 Å². The predicted molar refractivity (Wildman–Crippen MR) is 115 cm³/mol. The van der Waals surface area contributed by atoms with Crippen LogP contribution in [0.4, 0.5) is 5.69 Å². The van der Waals surface area contributed by atoms with Gasteiger partial charge in [-0.15, -0.1) is 0 Å². The second-order valence-corrected chi connectivity index (χ2v) is 8.41. The highest BCUT2D eigenvalue weighted by atomic mass is 15.1. The predicted octanol–water partition coefficient (Wildman–Crippen LogP) is 5.24. The summed E-state index contributed by atoms with van der Waals surface area (Å²) >= 11 is 0. The Hall–Kier alpha value is -2.50. The van der Waals surface area contributed by atoms with Crippen molar-refractivity contribution in [2.45, 2.75) is 40.4 Å². The number of nitrogens with zero attached hydrogens (tertiary/aromatic N) is 2. The van der Waals surface area contributed by atoms with Crippen molar-refractivity contribution in [3.63, 3.8) is 0 Å². The van der Waals surface area contributed by atoms with Gasteiger partial charge in [-0.3, -0.25) is 4.90 Å². The number of likely N-dealkylation sites (N-methyl/N-ethyl adjacent to an activating group) is 1. The lowest BCUT2D eigenvalue weighted by Crippen LogP contribution is -2.18. The Balaban J connectivity index is 1.56. The molecule has 0 radical (unpaired) electrons. The van der Waals surface area contributed by atoms with Gasteiger partial charge in [-0.05, 0) is 62.7 Å². The molecule has 0 saturated carbocycles. The Kier molecular flexibility index (Phi) is 6.04. The van der Waals surface area contributed by atoms with Gasteiger partial charge in [-0.2, -0.15) is 0 Å². The molecule has 2 aromatic rings. The zero-order valence-electron chi connectivity index (χ0n) is 17.0. The van der Waals surface area contributed by atoms with Crippen LogP contribution in [0.1, 0.15) is 37.5 Å². The molecule has 0 fully saturated rings. The van der Waals surface area contributed by atoms with Gasteiger partial charge in [-0.25, -0.2) is 0 Å². The smallest absolute Gasteiger partial charge is 0.0436 e. The highest BCUT2D eigenvalue weighted by Gasteiger charge is 2.18. The summed E-state index contributed by atoms with van der Waals surface area (Å²) in [5, 5.41) is 0. The summed E-state index contributed by atoms with van der Waals surface area (Å²) < 4.78 is 0. The first-order valence-corrected chi connectivity index (χ1v) is 9.68. The zero-order chi connectivity index (χ0) is 19.3. The first kappa shape index (κ1) is 19.3. The fourth-order valence-corrected chi connectivity index (χ4v) is 3.29. The fourth-order valence-electron chi connectivity index (χ4n) is 3.29. The number of fused-ring (bicyclic) bond motifs is 1. The van der Waals surface area contributed by atoms with Crippen LogP contribution in [0.15, 0.2) is 60.7 Å². The van der Waals surface area contributed by atoms with E-state index in [1.54, 1.807) is 0 Å². The van der Waals surface area contributed by atoms with Gasteiger partial charge >= 0.3 is 0 Å². The second kappa shape index (κ2) is 8.46. The van der Waals surface area contributed by atoms with Crippen molar-refractivity contribution in [2.75, 3.05) is 18.5 Å². The molecule has 1 aliphatic rings. The van der Waals surface area contributed by atoms with Gasteiger partial charge < -0.3 is 4.90 Å². The Labute approximate surface area is 164 Å². The molecular weight excluding hydrogens is 328 g/mol. The zero-order valence-corrected chi connectivity index (χ0v) is 17.0. The quantitative estimate of drug-likeness (QED) is 0.674. The molecule has 0 amide bonds. The molecule has 27 heavy (non-hydrogen) atoms. The van der Waals surface area contributed by atoms with Gasteiger partial charge in [0.1, 0.15) is 0 Å². The van der Waals surface area contributed by atoms with E-state index in [2.05, 4.69) is 104 Å². The molecule has 0 aliphatic carbocycles. The Morgan fingerprint density at radius 2 is 1.74 bits per heavy atom. The first-order valence-electron chi connectivity index (χ1n) is 9.68. The lowest BCUT2D eigenvalue weighted by molar-refractivity contribution is 0.363. The van der Waals surface area contributed by atoms with E-state index in [0.29, 0.717) is 0 Å². The first-order chi connectivity index (χ1) is 12.9. The van der Waals surface area contributed by atoms with E-state index in [-0.39, 0.29) is 5.41 Å². The molecule has 0 unspecified atom stereocenters. The van der Waals surface area contributed by atoms with Crippen molar-refractivity contribution in [3.8, 4) is 11.8 Å². The van der Waals surface area contributed by atoms with E-state index in [9.17, 15) is 0 Å². The molecule has 3 rings (SSSR count). The molecule has 0 N–H and O–H groups in total. The molecular formula is C25H30N2. The minimum Gasteiger partial charge on any atom is -0.363 e. The molecule has 0 atom stereocenters. The maximum Gasteiger partial charge on any atom is 0.0436 e. The SMILES string of the molecule is CN(CC=CC#CC(C)(C)C)Cc1cccc(N2Cc3ccccc3C2)c1. The van der Waals surface area contributed by atoms with E-state index in [0.717, 1.165) is 26.2 Å². The molecule has 2 heteroatoms. The van der Waals surface area contributed by atoms with Crippen LogP contribution in [0.25, 0.3) is 0 Å². The summed E-state index contributed by atoms with van der Waals surface area (Å²) in [6.07, 6.45) is 4.11. The molecule has 0 spiro atoms. The highest BCUT2D eigenvalue weighted by Crippen LogP contribution is 2.28. The van der Waals surface area contributed by atoms with Crippen molar-refractivity contribution in [1.29, 1.82) is 0 Å². The minimum absolute atomic E-state index is 0.0614. The minimum atomic E-state index is 0.0614. The number of anilines is 1. The summed E-state index contributed by atoms with van der Waals surface area (Å²) in [5.41, 5.74) is 5.61. The molecule has 1 aliphatic heterocycles. The molecule has 0 saturated heterocycles. The second-order valence-electron chi connectivity index (χ2n) is 8.41. The van der Waals surface area contributed by atoms with E-state index >= 15 is 0 Å². The van der Waals surface area contributed by atoms with E-state index in [1.165, 1.54) is 22.4 Å². The van der Waals surface area contributed by atoms with Gasteiger partial charge in [0.2, 0.25) is 0 Å². The Bertz CT molecular complexity index is 837. The van der Waals surface area contributed by atoms with Gasteiger partial charge in [0.15, 0.2) is 0 Å². The molecule has 2 nitrogen and oxygen atoms in total. The third-order valence-electron chi connectivity index (χ3n) is 4.63. The third-order valence-corrected chi connectivity index (χ3v) is 4.63. The number of allylic oxidation sites excluding steroid dienone is 1. The standard InChI is InChI=1S/C25H30N2/c1-25(2,3)15-8-5-9-16-26(4)18-21-11-10-14-24(17-21)27-19-22-12-6-7-13-23(22)20-27/h5-7,9-14,17H,16,18-20H2,1-4H3. The van der Waals surface area contributed by atoms with Crippen molar-refractivity contribution < 1.29 is 0 Å². The van der Waals surface area contributed by atoms with Crippen LogP contribution in [-0.2, 0) is 19.6 Å².